The van der Waals surface area contributed by atoms with Gasteiger partial charge in [0.1, 0.15) is 29.6 Å². The third-order valence-corrected chi connectivity index (χ3v) is 4.98. The van der Waals surface area contributed by atoms with Crippen LogP contribution in [0.15, 0.2) is 53.9 Å². The molecule has 0 unspecified atom stereocenters. The predicted molar refractivity (Wildman–Crippen MR) is 112 cm³/mol. The molecular weight excluding hydrogens is 374 g/mol. The molecule has 3 N–H and O–H groups in total. The van der Waals surface area contributed by atoms with Crippen molar-refractivity contribution in [3.8, 4) is 0 Å². The highest BCUT2D eigenvalue weighted by molar-refractivity contribution is 7.98. The second-order valence-corrected chi connectivity index (χ2v) is 7.55. The van der Waals surface area contributed by atoms with Crippen LogP contribution in [0.2, 0.25) is 0 Å². The summed E-state index contributed by atoms with van der Waals surface area (Å²) in [6, 6.07) is 9.63. The standard InChI is InChI=1S/C19H21N7OS/c1-19(10-27-11-19)26-13-5-6-15(21-9-13)24-16-8-17(23-12-22-16)25-18-14(28-2)4-3-7-20-18/h3-9,12,26H,10-11H2,1-2H3,(H2,20,21,22,23,24,25). The number of anilines is 5. The van der Waals surface area contributed by atoms with E-state index in [-0.39, 0.29) is 5.54 Å². The van der Waals surface area contributed by atoms with Crippen molar-refractivity contribution in [2.45, 2.75) is 17.4 Å². The average Bonchev–Trinajstić information content (AvgIpc) is 2.69. The Morgan fingerprint density at radius 3 is 2.50 bits per heavy atom. The van der Waals surface area contributed by atoms with Gasteiger partial charge in [0.25, 0.3) is 0 Å². The van der Waals surface area contributed by atoms with E-state index in [9.17, 15) is 0 Å². The number of thioether (sulfide) groups is 1. The molecule has 3 aromatic heterocycles. The van der Waals surface area contributed by atoms with Crippen LogP contribution in [0.3, 0.4) is 0 Å². The van der Waals surface area contributed by atoms with E-state index in [0.29, 0.717) is 30.7 Å². The molecule has 144 valence electrons. The number of hydrogen-bond acceptors (Lipinski definition) is 9. The molecule has 0 aromatic carbocycles. The van der Waals surface area contributed by atoms with Crippen LogP contribution in [0.1, 0.15) is 6.92 Å². The van der Waals surface area contributed by atoms with E-state index >= 15 is 0 Å². The lowest BCUT2D eigenvalue weighted by atomic mass is 10.0. The fraction of sp³-hybridized carbons (Fsp3) is 0.263. The number of hydrogen-bond donors (Lipinski definition) is 3. The van der Waals surface area contributed by atoms with Gasteiger partial charge in [-0.1, -0.05) is 0 Å². The zero-order chi connectivity index (χ0) is 19.4. The minimum atomic E-state index is -0.00898. The number of pyridine rings is 2. The SMILES string of the molecule is CSc1cccnc1Nc1cc(Nc2ccc(NC3(C)COC3)cn2)ncn1. The fourth-order valence-electron chi connectivity index (χ4n) is 2.77. The molecule has 0 saturated carbocycles. The second kappa shape index (κ2) is 7.99. The molecule has 28 heavy (non-hydrogen) atoms. The van der Waals surface area contributed by atoms with Gasteiger partial charge in [0.05, 0.1) is 30.6 Å². The second-order valence-electron chi connectivity index (χ2n) is 6.70. The largest absolute Gasteiger partial charge is 0.376 e. The topological polar surface area (TPSA) is 96.9 Å². The summed E-state index contributed by atoms with van der Waals surface area (Å²) in [6.07, 6.45) is 7.06. The number of nitrogens with zero attached hydrogens (tertiary/aromatic N) is 4. The van der Waals surface area contributed by atoms with Gasteiger partial charge in [0.2, 0.25) is 0 Å². The Balaban J connectivity index is 1.43. The molecular formula is C19H21N7OS. The van der Waals surface area contributed by atoms with Crippen molar-refractivity contribution < 1.29 is 4.74 Å². The quantitative estimate of drug-likeness (QED) is 0.518. The summed E-state index contributed by atoms with van der Waals surface area (Å²) < 4.78 is 5.26. The van der Waals surface area contributed by atoms with E-state index in [1.165, 1.54) is 6.33 Å². The van der Waals surface area contributed by atoms with Gasteiger partial charge in [0, 0.05) is 17.2 Å². The van der Waals surface area contributed by atoms with Crippen molar-refractivity contribution >= 4 is 40.7 Å². The summed E-state index contributed by atoms with van der Waals surface area (Å²) in [6.45, 7) is 3.54. The lowest BCUT2D eigenvalue weighted by molar-refractivity contribution is -0.0318. The van der Waals surface area contributed by atoms with Crippen molar-refractivity contribution in [3.05, 3.63) is 49.1 Å². The van der Waals surface area contributed by atoms with Gasteiger partial charge >= 0.3 is 0 Å². The molecule has 1 aliphatic rings. The monoisotopic (exact) mass is 395 g/mol. The molecule has 0 bridgehead atoms. The summed E-state index contributed by atoms with van der Waals surface area (Å²) in [5.74, 6) is 2.77. The highest BCUT2D eigenvalue weighted by Gasteiger charge is 2.32. The van der Waals surface area contributed by atoms with Crippen molar-refractivity contribution in [1.82, 2.24) is 19.9 Å². The van der Waals surface area contributed by atoms with E-state index < -0.39 is 0 Å². The zero-order valence-corrected chi connectivity index (χ0v) is 16.5. The zero-order valence-electron chi connectivity index (χ0n) is 15.6. The van der Waals surface area contributed by atoms with Crippen molar-refractivity contribution in [2.75, 3.05) is 35.4 Å². The van der Waals surface area contributed by atoms with Gasteiger partial charge < -0.3 is 20.7 Å². The summed E-state index contributed by atoms with van der Waals surface area (Å²) in [5, 5.41) is 9.86. The molecule has 0 aliphatic carbocycles. The van der Waals surface area contributed by atoms with Gasteiger partial charge in [0.15, 0.2) is 0 Å². The smallest absolute Gasteiger partial charge is 0.145 e. The highest BCUT2D eigenvalue weighted by atomic mass is 32.2. The summed E-state index contributed by atoms with van der Waals surface area (Å²) in [7, 11) is 0. The van der Waals surface area contributed by atoms with Crippen LogP contribution >= 0.6 is 11.8 Å². The Labute approximate surface area is 167 Å². The maximum absolute atomic E-state index is 5.26. The van der Waals surface area contributed by atoms with Gasteiger partial charge in [-0.2, -0.15) is 0 Å². The van der Waals surface area contributed by atoms with Gasteiger partial charge in [-0.25, -0.2) is 19.9 Å². The summed E-state index contributed by atoms with van der Waals surface area (Å²) >= 11 is 1.62. The average molecular weight is 395 g/mol. The molecule has 9 heteroatoms. The first-order valence-electron chi connectivity index (χ1n) is 8.81. The lowest BCUT2D eigenvalue weighted by Crippen LogP contribution is -2.53. The summed E-state index contributed by atoms with van der Waals surface area (Å²) in [5.41, 5.74) is 0.950. The Kier molecular flexibility index (Phi) is 5.27. The van der Waals surface area contributed by atoms with Gasteiger partial charge in [-0.05, 0) is 37.4 Å². The Morgan fingerprint density at radius 2 is 1.82 bits per heavy atom. The molecule has 1 fully saturated rings. The van der Waals surface area contributed by atoms with Crippen LogP contribution < -0.4 is 16.0 Å². The van der Waals surface area contributed by atoms with Crippen LogP contribution in [0.25, 0.3) is 0 Å². The van der Waals surface area contributed by atoms with E-state index in [1.807, 2.05) is 36.6 Å². The molecule has 1 saturated heterocycles. The van der Waals surface area contributed by atoms with E-state index in [2.05, 4.69) is 42.8 Å². The van der Waals surface area contributed by atoms with Crippen LogP contribution in [0, 0.1) is 0 Å². The predicted octanol–water partition coefficient (Wildman–Crippen LogP) is 3.68. The van der Waals surface area contributed by atoms with Gasteiger partial charge in [-0.15, -0.1) is 11.8 Å². The first-order chi connectivity index (χ1) is 13.6. The summed E-state index contributed by atoms with van der Waals surface area (Å²) in [4.78, 5) is 18.4. The first-order valence-corrected chi connectivity index (χ1v) is 10.0. The number of aromatic nitrogens is 4. The maximum Gasteiger partial charge on any atom is 0.145 e. The molecule has 1 aliphatic heterocycles. The molecule has 8 nitrogen and oxygen atoms in total. The Bertz CT molecular complexity index is 947. The molecule has 0 radical (unpaired) electrons. The van der Waals surface area contributed by atoms with E-state index in [0.717, 1.165) is 16.4 Å². The molecule has 0 atom stereocenters. The van der Waals surface area contributed by atoms with Crippen LogP contribution in [-0.2, 0) is 4.74 Å². The van der Waals surface area contributed by atoms with Crippen LogP contribution in [0.4, 0.5) is 29.0 Å². The van der Waals surface area contributed by atoms with Crippen molar-refractivity contribution in [3.63, 3.8) is 0 Å². The molecule has 4 rings (SSSR count). The van der Waals surface area contributed by atoms with Gasteiger partial charge in [-0.3, -0.25) is 0 Å². The minimum Gasteiger partial charge on any atom is -0.376 e. The van der Waals surface area contributed by atoms with E-state index in [1.54, 1.807) is 24.2 Å². The normalized spacial score (nSPS) is 14.8. The Morgan fingerprint density at radius 1 is 1.00 bits per heavy atom. The first kappa shape index (κ1) is 18.5. The minimum absolute atomic E-state index is 0.00898. The number of rotatable bonds is 7. The van der Waals surface area contributed by atoms with E-state index in [4.69, 9.17) is 4.74 Å². The molecule has 0 spiro atoms. The van der Waals surface area contributed by atoms with Crippen molar-refractivity contribution in [1.29, 1.82) is 0 Å². The number of nitrogens with one attached hydrogen (secondary N) is 3. The van der Waals surface area contributed by atoms with Crippen LogP contribution in [0.5, 0.6) is 0 Å². The molecule has 3 aromatic rings. The van der Waals surface area contributed by atoms with Crippen LogP contribution in [-0.4, -0.2) is 44.9 Å². The Hall–Kier alpha value is -2.91. The fourth-order valence-corrected chi connectivity index (χ4v) is 3.28. The molecule has 0 amide bonds. The number of ether oxygens (including phenoxy) is 1. The third kappa shape index (κ3) is 4.32. The maximum atomic E-state index is 5.26. The lowest BCUT2D eigenvalue weighted by Gasteiger charge is -2.39. The molecule has 4 heterocycles. The highest BCUT2D eigenvalue weighted by Crippen LogP contribution is 2.26. The third-order valence-electron chi connectivity index (χ3n) is 4.21. The van der Waals surface area contributed by atoms with Crippen molar-refractivity contribution in [2.24, 2.45) is 0 Å².